The van der Waals surface area contributed by atoms with Crippen LogP contribution in [0, 0.1) is 0 Å². The molecule has 3 aromatic rings. The number of halogens is 2. The standard InChI is InChI=1S/C25H27Cl2N3O4/c1-3-33-25(31)23-24(30(29-28-23)15-16-4-9-19(32-2)10-5-16)34-20-11-6-17(7-12-20)18-8-13-21(26)22(27)14-18/h4-5,8-10,13-14,17,20H,3,6-7,11-12,15H2,1-2H3. The summed E-state index contributed by atoms with van der Waals surface area (Å²) in [5.74, 6) is 0.960. The average molecular weight is 504 g/mol. The maximum absolute atomic E-state index is 12.5. The van der Waals surface area contributed by atoms with Gasteiger partial charge in [0, 0.05) is 0 Å². The van der Waals surface area contributed by atoms with Crippen LogP contribution in [-0.4, -0.2) is 40.8 Å². The van der Waals surface area contributed by atoms with Crippen molar-refractivity contribution in [2.75, 3.05) is 13.7 Å². The number of esters is 1. The van der Waals surface area contributed by atoms with Crippen LogP contribution in [0.3, 0.4) is 0 Å². The molecule has 0 radical (unpaired) electrons. The van der Waals surface area contributed by atoms with Crippen LogP contribution < -0.4 is 9.47 Å². The number of ether oxygens (including phenoxy) is 3. The Balaban J connectivity index is 1.48. The van der Waals surface area contributed by atoms with Crippen molar-refractivity contribution < 1.29 is 19.0 Å². The van der Waals surface area contributed by atoms with Crippen molar-refractivity contribution >= 4 is 29.2 Å². The number of nitrogens with zero attached hydrogens (tertiary/aromatic N) is 3. The first kappa shape index (κ1) is 24.4. The lowest BCUT2D eigenvalue weighted by molar-refractivity contribution is 0.0507. The molecule has 1 heterocycles. The molecule has 0 aliphatic heterocycles. The Hall–Kier alpha value is -2.77. The van der Waals surface area contributed by atoms with Crippen molar-refractivity contribution in [2.45, 2.75) is 51.2 Å². The number of carbonyl (C=O) groups is 1. The van der Waals surface area contributed by atoms with Crippen molar-refractivity contribution in [2.24, 2.45) is 0 Å². The fourth-order valence-electron chi connectivity index (χ4n) is 4.19. The number of hydrogen-bond donors (Lipinski definition) is 0. The normalized spacial score (nSPS) is 17.9. The van der Waals surface area contributed by atoms with Gasteiger partial charge in [-0.3, -0.25) is 0 Å². The highest BCUT2D eigenvalue weighted by Gasteiger charge is 2.29. The molecule has 1 aliphatic carbocycles. The summed E-state index contributed by atoms with van der Waals surface area (Å²) < 4.78 is 18.3. The third-order valence-corrected chi connectivity index (χ3v) is 6.76. The molecule has 0 atom stereocenters. The molecule has 9 heteroatoms. The van der Waals surface area contributed by atoms with Gasteiger partial charge < -0.3 is 14.2 Å². The Morgan fingerprint density at radius 2 is 1.79 bits per heavy atom. The Labute approximate surface area is 208 Å². The third-order valence-electron chi connectivity index (χ3n) is 6.02. The minimum atomic E-state index is -0.539. The number of aromatic nitrogens is 3. The predicted octanol–water partition coefficient (Wildman–Crippen LogP) is 5.92. The van der Waals surface area contributed by atoms with Crippen LogP contribution in [0.2, 0.25) is 10.0 Å². The Morgan fingerprint density at radius 3 is 2.44 bits per heavy atom. The molecule has 0 amide bonds. The van der Waals surface area contributed by atoms with E-state index in [-0.39, 0.29) is 18.4 Å². The Morgan fingerprint density at radius 1 is 1.06 bits per heavy atom. The number of methoxy groups -OCH3 is 1. The van der Waals surface area contributed by atoms with Crippen molar-refractivity contribution in [3.05, 3.63) is 69.3 Å². The quantitative estimate of drug-likeness (QED) is 0.355. The highest BCUT2D eigenvalue weighted by molar-refractivity contribution is 6.42. The lowest BCUT2D eigenvalue weighted by Crippen LogP contribution is -2.25. The van der Waals surface area contributed by atoms with E-state index < -0.39 is 5.97 Å². The van der Waals surface area contributed by atoms with Crippen molar-refractivity contribution in [3.63, 3.8) is 0 Å². The van der Waals surface area contributed by atoms with Gasteiger partial charge in [0.1, 0.15) is 11.9 Å². The zero-order chi connectivity index (χ0) is 24.1. The second-order valence-corrected chi connectivity index (χ2v) is 9.05. The van der Waals surface area contributed by atoms with Crippen molar-refractivity contribution in [3.8, 4) is 11.6 Å². The van der Waals surface area contributed by atoms with E-state index in [2.05, 4.69) is 10.3 Å². The van der Waals surface area contributed by atoms with Gasteiger partial charge in [-0.05, 0) is 73.9 Å². The van der Waals surface area contributed by atoms with E-state index in [4.69, 9.17) is 37.4 Å². The average Bonchev–Trinajstić information content (AvgIpc) is 3.24. The Bertz CT molecular complexity index is 1130. The van der Waals surface area contributed by atoms with Crippen molar-refractivity contribution in [1.29, 1.82) is 0 Å². The number of hydrogen-bond acceptors (Lipinski definition) is 6. The van der Waals surface area contributed by atoms with Crippen LogP contribution in [0.4, 0.5) is 0 Å². The summed E-state index contributed by atoms with van der Waals surface area (Å²) in [5, 5.41) is 9.39. The predicted molar refractivity (Wildman–Crippen MR) is 130 cm³/mol. The summed E-state index contributed by atoms with van der Waals surface area (Å²) in [7, 11) is 1.63. The zero-order valence-electron chi connectivity index (χ0n) is 19.2. The van der Waals surface area contributed by atoms with E-state index in [9.17, 15) is 4.79 Å². The first-order chi connectivity index (χ1) is 16.5. The van der Waals surface area contributed by atoms with Crippen LogP contribution in [0.1, 0.15) is 60.1 Å². The maximum Gasteiger partial charge on any atom is 0.364 e. The molecular weight excluding hydrogens is 477 g/mol. The molecule has 1 saturated carbocycles. The van der Waals surface area contributed by atoms with Gasteiger partial charge in [0.25, 0.3) is 0 Å². The molecule has 2 aromatic carbocycles. The summed E-state index contributed by atoms with van der Waals surface area (Å²) in [6, 6.07) is 13.5. The minimum Gasteiger partial charge on any atom is -0.497 e. The second kappa shape index (κ2) is 11.1. The van der Waals surface area contributed by atoms with Crippen LogP contribution in [-0.2, 0) is 11.3 Å². The molecule has 0 unspecified atom stereocenters. The molecular formula is C25H27Cl2N3O4. The molecule has 0 spiro atoms. The summed E-state index contributed by atoms with van der Waals surface area (Å²) in [6.45, 7) is 2.41. The van der Waals surface area contributed by atoms with Gasteiger partial charge in [-0.25, -0.2) is 9.48 Å². The van der Waals surface area contributed by atoms with Gasteiger partial charge in [0.2, 0.25) is 11.6 Å². The highest BCUT2D eigenvalue weighted by atomic mass is 35.5. The van der Waals surface area contributed by atoms with Crippen molar-refractivity contribution in [1.82, 2.24) is 15.0 Å². The molecule has 7 nitrogen and oxygen atoms in total. The summed E-state index contributed by atoms with van der Waals surface area (Å²) in [5.41, 5.74) is 2.27. The molecule has 34 heavy (non-hydrogen) atoms. The molecule has 1 fully saturated rings. The smallest absolute Gasteiger partial charge is 0.364 e. The van der Waals surface area contributed by atoms with E-state index in [0.717, 1.165) is 37.0 Å². The van der Waals surface area contributed by atoms with E-state index in [1.54, 1.807) is 18.7 Å². The maximum atomic E-state index is 12.5. The van der Waals surface area contributed by atoms with E-state index in [1.807, 2.05) is 42.5 Å². The molecule has 180 valence electrons. The largest absolute Gasteiger partial charge is 0.497 e. The third kappa shape index (κ3) is 5.65. The first-order valence-electron chi connectivity index (χ1n) is 11.3. The van der Waals surface area contributed by atoms with Gasteiger partial charge >= 0.3 is 5.97 Å². The summed E-state index contributed by atoms with van der Waals surface area (Å²) in [4.78, 5) is 12.5. The fraction of sp³-hybridized carbons (Fsp3) is 0.400. The van der Waals surface area contributed by atoms with Crippen LogP contribution in [0.25, 0.3) is 0 Å². The minimum absolute atomic E-state index is 0.0553. The van der Waals surface area contributed by atoms with E-state index >= 15 is 0 Å². The number of carbonyl (C=O) groups excluding carboxylic acids is 1. The zero-order valence-corrected chi connectivity index (χ0v) is 20.7. The van der Waals surface area contributed by atoms with E-state index in [0.29, 0.717) is 28.4 Å². The molecule has 4 rings (SSSR count). The van der Waals surface area contributed by atoms with Gasteiger partial charge in [-0.2, -0.15) is 0 Å². The van der Waals surface area contributed by atoms with Gasteiger partial charge in [-0.1, -0.05) is 46.6 Å². The number of rotatable bonds is 8. The van der Waals surface area contributed by atoms with Gasteiger partial charge in [0.15, 0.2) is 0 Å². The number of benzene rings is 2. The van der Waals surface area contributed by atoms with E-state index in [1.165, 1.54) is 5.56 Å². The van der Waals surface area contributed by atoms with Crippen LogP contribution in [0.15, 0.2) is 42.5 Å². The lowest BCUT2D eigenvalue weighted by atomic mass is 9.83. The molecule has 0 bridgehead atoms. The molecule has 1 aromatic heterocycles. The monoisotopic (exact) mass is 503 g/mol. The van der Waals surface area contributed by atoms with Crippen LogP contribution >= 0.6 is 23.2 Å². The van der Waals surface area contributed by atoms with Gasteiger partial charge in [-0.15, -0.1) is 5.10 Å². The summed E-state index contributed by atoms with van der Waals surface area (Å²) >= 11 is 12.3. The molecule has 0 saturated heterocycles. The summed E-state index contributed by atoms with van der Waals surface area (Å²) in [6.07, 6.45) is 3.50. The first-order valence-corrected chi connectivity index (χ1v) is 12.1. The van der Waals surface area contributed by atoms with Gasteiger partial charge in [0.05, 0.1) is 30.3 Å². The Kier molecular flexibility index (Phi) is 7.95. The second-order valence-electron chi connectivity index (χ2n) is 8.23. The van der Waals surface area contributed by atoms with Crippen LogP contribution in [0.5, 0.6) is 11.6 Å². The highest BCUT2D eigenvalue weighted by Crippen LogP contribution is 2.37. The molecule has 1 aliphatic rings. The molecule has 0 N–H and O–H groups in total. The SMILES string of the molecule is CCOC(=O)c1nnn(Cc2ccc(OC)cc2)c1OC1CCC(c2ccc(Cl)c(Cl)c2)CC1. The fourth-order valence-corrected chi connectivity index (χ4v) is 4.50. The lowest BCUT2D eigenvalue weighted by Gasteiger charge is -2.29. The topological polar surface area (TPSA) is 75.5 Å².